The lowest BCUT2D eigenvalue weighted by molar-refractivity contribution is 0.282. The SMILES string of the molecule is COc1cc(C=Nn2c(C3CCCCC3)nc3ccc(Br)cc3c2=O)c(Br)c(Br)c1OCc1cccc(C)c1. The van der Waals surface area contributed by atoms with Gasteiger partial charge in [-0.2, -0.15) is 9.78 Å². The molecule has 4 aromatic rings. The van der Waals surface area contributed by atoms with E-state index in [2.05, 4.69) is 66.8 Å². The predicted octanol–water partition coefficient (Wildman–Crippen LogP) is 8.51. The van der Waals surface area contributed by atoms with E-state index in [9.17, 15) is 4.79 Å². The number of fused-ring (bicyclic) bond motifs is 1. The summed E-state index contributed by atoms with van der Waals surface area (Å²) in [5.41, 5.74) is 3.48. The van der Waals surface area contributed by atoms with Crippen LogP contribution in [-0.4, -0.2) is 23.0 Å². The Morgan fingerprint density at radius 1 is 1.05 bits per heavy atom. The van der Waals surface area contributed by atoms with Crippen LogP contribution >= 0.6 is 47.8 Å². The van der Waals surface area contributed by atoms with E-state index in [1.165, 1.54) is 16.7 Å². The van der Waals surface area contributed by atoms with Crippen LogP contribution in [0.3, 0.4) is 0 Å². The molecule has 0 aliphatic heterocycles. The largest absolute Gasteiger partial charge is 0.493 e. The van der Waals surface area contributed by atoms with E-state index in [4.69, 9.17) is 19.6 Å². The fourth-order valence-electron chi connectivity index (χ4n) is 4.96. The van der Waals surface area contributed by atoms with Crippen molar-refractivity contribution in [3.8, 4) is 11.5 Å². The number of rotatable bonds is 7. The zero-order valence-electron chi connectivity index (χ0n) is 21.7. The quantitative estimate of drug-likeness (QED) is 0.180. The maximum Gasteiger partial charge on any atom is 0.282 e. The van der Waals surface area contributed by atoms with Gasteiger partial charge in [0.25, 0.3) is 5.56 Å². The first-order chi connectivity index (χ1) is 18.9. The van der Waals surface area contributed by atoms with Gasteiger partial charge < -0.3 is 9.47 Å². The highest BCUT2D eigenvalue weighted by Gasteiger charge is 2.23. The summed E-state index contributed by atoms with van der Waals surface area (Å²) in [4.78, 5) is 18.6. The van der Waals surface area contributed by atoms with Gasteiger partial charge in [-0.05, 0) is 81.5 Å². The topological polar surface area (TPSA) is 65.7 Å². The van der Waals surface area contributed by atoms with E-state index in [-0.39, 0.29) is 11.5 Å². The molecule has 9 heteroatoms. The molecule has 0 atom stereocenters. The van der Waals surface area contributed by atoms with Gasteiger partial charge in [0.2, 0.25) is 0 Å². The first kappa shape index (κ1) is 28.1. The standard InChI is InChI=1S/C30H28Br3N3O3/c1-18-7-6-8-19(13-18)17-39-28-25(38-2)14-21(26(32)27(28)33)16-34-36-29(20-9-4-3-5-10-20)35-24-12-11-22(31)15-23(24)30(36)37/h6-8,11-16,20H,3-5,9-10,17H2,1-2H3. The number of aromatic nitrogens is 2. The molecule has 3 aromatic carbocycles. The molecule has 1 aliphatic carbocycles. The molecule has 1 aromatic heterocycles. The van der Waals surface area contributed by atoms with Gasteiger partial charge in [0.15, 0.2) is 11.5 Å². The molecule has 0 unspecified atom stereocenters. The van der Waals surface area contributed by atoms with Crippen LogP contribution in [0.2, 0.25) is 0 Å². The molecular formula is C30H28Br3N3O3. The van der Waals surface area contributed by atoms with E-state index in [1.54, 1.807) is 19.4 Å². The molecule has 5 rings (SSSR count). The van der Waals surface area contributed by atoms with Gasteiger partial charge in [0.1, 0.15) is 12.4 Å². The maximum atomic E-state index is 13.7. The molecule has 0 spiro atoms. The second-order valence-corrected chi connectivity index (χ2v) is 12.2. The molecule has 6 nitrogen and oxygen atoms in total. The Bertz CT molecular complexity index is 1610. The molecular weight excluding hydrogens is 690 g/mol. The Morgan fingerprint density at radius 3 is 2.59 bits per heavy atom. The number of methoxy groups -OCH3 is 1. The van der Waals surface area contributed by atoms with Crippen LogP contribution in [0.15, 0.2) is 71.8 Å². The minimum atomic E-state index is -0.182. The van der Waals surface area contributed by atoms with Crippen LogP contribution in [0.5, 0.6) is 11.5 Å². The van der Waals surface area contributed by atoms with Crippen molar-refractivity contribution in [2.24, 2.45) is 5.10 Å². The van der Waals surface area contributed by atoms with Crippen molar-refractivity contribution >= 4 is 64.9 Å². The number of nitrogens with zero attached hydrogens (tertiary/aromatic N) is 3. The lowest BCUT2D eigenvalue weighted by Gasteiger charge is -2.22. The van der Waals surface area contributed by atoms with Gasteiger partial charge in [-0.1, -0.05) is 65.0 Å². The number of aryl methyl sites for hydroxylation is 1. The molecule has 0 amide bonds. The Kier molecular flexibility index (Phi) is 8.89. The Balaban J connectivity index is 1.54. The average Bonchev–Trinajstić information content (AvgIpc) is 2.94. The monoisotopic (exact) mass is 715 g/mol. The van der Waals surface area contributed by atoms with Crippen LogP contribution in [0.4, 0.5) is 0 Å². The Labute approximate surface area is 252 Å². The fraction of sp³-hybridized carbons (Fsp3) is 0.300. The number of benzene rings is 3. The van der Waals surface area contributed by atoms with Gasteiger partial charge in [-0.15, -0.1) is 0 Å². The van der Waals surface area contributed by atoms with Crippen molar-refractivity contribution < 1.29 is 9.47 Å². The molecule has 39 heavy (non-hydrogen) atoms. The zero-order valence-corrected chi connectivity index (χ0v) is 26.5. The van der Waals surface area contributed by atoms with Crippen molar-refractivity contribution in [1.29, 1.82) is 0 Å². The lowest BCUT2D eigenvalue weighted by Crippen LogP contribution is -2.25. The molecule has 0 radical (unpaired) electrons. The van der Waals surface area contributed by atoms with Gasteiger partial charge in [-0.25, -0.2) is 4.98 Å². The number of hydrogen-bond donors (Lipinski definition) is 0. The van der Waals surface area contributed by atoms with E-state index >= 15 is 0 Å². The first-order valence-electron chi connectivity index (χ1n) is 12.9. The smallest absolute Gasteiger partial charge is 0.282 e. The van der Waals surface area contributed by atoms with Crippen molar-refractivity contribution in [2.45, 2.75) is 51.6 Å². The van der Waals surface area contributed by atoms with Crippen molar-refractivity contribution in [1.82, 2.24) is 9.66 Å². The summed E-state index contributed by atoms with van der Waals surface area (Å²) in [7, 11) is 1.60. The van der Waals surface area contributed by atoms with Gasteiger partial charge in [0.05, 0.1) is 28.7 Å². The lowest BCUT2D eigenvalue weighted by atomic mass is 9.88. The van der Waals surface area contributed by atoms with Crippen molar-refractivity contribution in [3.05, 3.63) is 94.8 Å². The number of ether oxygens (including phenoxy) is 2. The second-order valence-electron chi connectivity index (χ2n) is 9.73. The highest BCUT2D eigenvalue weighted by atomic mass is 79.9. The zero-order chi connectivity index (χ0) is 27.5. The minimum Gasteiger partial charge on any atom is -0.493 e. The summed E-state index contributed by atoms with van der Waals surface area (Å²) in [5.74, 6) is 2.05. The molecule has 1 aliphatic rings. The fourth-order valence-corrected chi connectivity index (χ4v) is 6.26. The normalized spacial score (nSPS) is 14.3. The predicted molar refractivity (Wildman–Crippen MR) is 166 cm³/mol. The first-order valence-corrected chi connectivity index (χ1v) is 15.2. The van der Waals surface area contributed by atoms with E-state index in [0.717, 1.165) is 45.8 Å². The highest BCUT2D eigenvalue weighted by Crippen LogP contribution is 2.42. The Morgan fingerprint density at radius 2 is 1.85 bits per heavy atom. The van der Waals surface area contributed by atoms with Crippen LogP contribution < -0.4 is 15.0 Å². The third kappa shape index (κ3) is 6.15. The molecule has 202 valence electrons. The molecule has 0 bridgehead atoms. The van der Waals surface area contributed by atoms with E-state index in [0.29, 0.717) is 39.3 Å². The summed E-state index contributed by atoms with van der Waals surface area (Å²) in [6.45, 7) is 2.45. The van der Waals surface area contributed by atoms with Gasteiger partial charge in [0, 0.05) is 20.4 Å². The average molecular weight is 718 g/mol. The summed E-state index contributed by atoms with van der Waals surface area (Å²) < 4.78 is 15.6. The third-order valence-electron chi connectivity index (χ3n) is 6.96. The third-order valence-corrected chi connectivity index (χ3v) is 9.59. The van der Waals surface area contributed by atoms with E-state index in [1.807, 2.05) is 30.3 Å². The minimum absolute atomic E-state index is 0.182. The molecule has 0 N–H and O–H groups in total. The van der Waals surface area contributed by atoms with Crippen molar-refractivity contribution in [2.75, 3.05) is 7.11 Å². The van der Waals surface area contributed by atoms with Gasteiger partial charge >= 0.3 is 0 Å². The van der Waals surface area contributed by atoms with Crippen LogP contribution in [-0.2, 0) is 6.61 Å². The van der Waals surface area contributed by atoms with Crippen LogP contribution in [0.25, 0.3) is 10.9 Å². The summed E-state index contributed by atoms with van der Waals surface area (Å²) in [6.07, 6.45) is 7.13. The Hall–Kier alpha value is -2.49. The highest BCUT2D eigenvalue weighted by molar-refractivity contribution is 9.13. The van der Waals surface area contributed by atoms with Crippen LogP contribution in [0.1, 0.15) is 60.5 Å². The maximum absolute atomic E-state index is 13.7. The molecule has 1 heterocycles. The summed E-state index contributed by atoms with van der Waals surface area (Å²) in [5, 5.41) is 5.22. The second kappa shape index (κ2) is 12.4. The van der Waals surface area contributed by atoms with Crippen LogP contribution in [0, 0.1) is 6.92 Å². The number of hydrogen-bond acceptors (Lipinski definition) is 5. The summed E-state index contributed by atoms with van der Waals surface area (Å²) >= 11 is 10.8. The number of halogens is 3. The van der Waals surface area contributed by atoms with E-state index < -0.39 is 0 Å². The summed E-state index contributed by atoms with van der Waals surface area (Å²) in [6, 6.07) is 15.6. The molecule has 0 saturated heterocycles. The molecule has 1 fully saturated rings. The van der Waals surface area contributed by atoms with Gasteiger partial charge in [-0.3, -0.25) is 4.79 Å². The van der Waals surface area contributed by atoms with Crippen molar-refractivity contribution in [3.63, 3.8) is 0 Å². The molecule has 1 saturated carbocycles.